The second-order valence-corrected chi connectivity index (χ2v) is 3.34. The molecule has 2 aliphatic rings. The van der Waals surface area contributed by atoms with Gasteiger partial charge >= 0.3 is 0 Å². The lowest BCUT2D eigenvalue weighted by Gasteiger charge is -2.22. The van der Waals surface area contributed by atoms with E-state index in [0.29, 0.717) is 0 Å². The number of aliphatic hydroxyl groups excluding tert-OH is 1. The van der Waals surface area contributed by atoms with Crippen molar-refractivity contribution in [2.45, 2.75) is 31.7 Å². The van der Waals surface area contributed by atoms with E-state index in [0.717, 1.165) is 24.8 Å². The molecule has 0 bridgehead atoms. The molecule has 0 radical (unpaired) electrons. The third kappa shape index (κ3) is 1.71. The van der Waals surface area contributed by atoms with Gasteiger partial charge in [0.2, 0.25) is 0 Å². The number of rotatable bonds is 1. The van der Waals surface area contributed by atoms with E-state index >= 15 is 0 Å². The van der Waals surface area contributed by atoms with Crippen LogP contribution in [0.15, 0.2) is 23.8 Å². The van der Waals surface area contributed by atoms with Crippen molar-refractivity contribution >= 4 is 5.78 Å². The summed E-state index contributed by atoms with van der Waals surface area (Å²) in [5.41, 5.74) is 1.02. The summed E-state index contributed by atoms with van der Waals surface area (Å²) in [6.07, 6.45) is 6.37. The standard InChI is InChI=1S/C10H12O3/c11-8-5-6-9(12)13-10(8)7-3-1-2-4-7/h3,5-6,9-10,12H,1-2,4H2/t9?,10-/m0/s1. The predicted molar refractivity (Wildman–Crippen MR) is 47.0 cm³/mol. The van der Waals surface area contributed by atoms with E-state index in [1.807, 2.05) is 6.08 Å². The summed E-state index contributed by atoms with van der Waals surface area (Å²) in [4.78, 5) is 11.4. The number of carbonyl (C=O) groups is 1. The van der Waals surface area contributed by atoms with Crippen LogP contribution < -0.4 is 0 Å². The van der Waals surface area contributed by atoms with Crippen molar-refractivity contribution in [3.63, 3.8) is 0 Å². The van der Waals surface area contributed by atoms with E-state index in [9.17, 15) is 4.79 Å². The van der Waals surface area contributed by atoms with Gasteiger partial charge in [-0.3, -0.25) is 4.79 Å². The predicted octanol–water partition coefficient (Wildman–Crippen LogP) is 0.939. The molecule has 0 aromatic heterocycles. The highest BCUT2D eigenvalue weighted by Gasteiger charge is 2.28. The largest absolute Gasteiger partial charge is 0.365 e. The summed E-state index contributed by atoms with van der Waals surface area (Å²) in [6.45, 7) is 0. The third-order valence-electron chi connectivity index (χ3n) is 2.37. The maximum Gasteiger partial charge on any atom is 0.188 e. The molecule has 2 atom stereocenters. The number of ketones is 1. The van der Waals surface area contributed by atoms with Crippen molar-refractivity contribution in [1.29, 1.82) is 0 Å². The fourth-order valence-corrected chi connectivity index (χ4v) is 1.72. The number of ether oxygens (including phenoxy) is 1. The first-order chi connectivity index (χ1) is 6.27. The lowest BCUT2D eigenvalue weighted by molar-refractivity contribution is -0.142. The average Bonchev–Trinajstić information content (AvgIpc) is 2.61. The van der Waals surface area contributed by atoms with Crippen LogP contribution in [-0.4, -0.2) is 23.3 Å². The molecule has 3 nitrogen and oxygen atoms in total. The van der Waals surface area contributed by atoms with E-state index in [1.54, 1.807) is 0 Å². The average molecular weight is 180 g/mol. The van der Waals surface area contributed by atoms with Gasteiger partial charge in [0.1, 0.15) is 6.10 Å². The van der Waals surface area contributed by atoms with Gasteiger partial charge in [-0.2, -0.15) is 0 Å². The fourth-order valence-electron chi connectivity index (χ4n) is 1.72. The number of hydrogen-bond acceptors (Lipinski definition) is 3. The summed E-state index contributed by atoms with van der Waals surface area (Å²) in [5.74, 6) is -0.0570. The third-order valence-corrected chi connectivity index (χ3v) is 2.37. The van der Waals surface area contributed by atoms with Crippen LogP contribution in [-0.2, 0) is 9.53 Å². The van der Waals surface area contributed by atoms with Gasteiger partial charge in [-0.05, 0) is 37.0 Å². The first-order valence-corrected chi connectivity index (χ1v) is 4.52. The summed E-state index contributed by atoms with van der Waals surface area (Å²) in [5, 5.41) is 9.17. The fraction of sp³-hybridized carbons (Fsp3) is 0.500. The van der Waals surface area contributed by atoms with Gasteiger partial charge in [-0.15, -0.1) is 0 Å². The van der Waals surface area contributed by atoms with Crippen LogP contribution in [0.25, 0.3) is 0 Å². The highest BCUT2D eigenvalue weighted by molar-refractivity contribution is 5.96. The number of allylic oxidation sites excluding steroid dienone is 1. The van der Waals surface area contributed by atoms with Crippen LogP contribution in [0, 0.1) is 0 Å². The van der Waals surface area contributed by atoms with Crippen molar-refractivity contribution in [3.8, 4) is 0 Å². The molecule has 0 saturated carbocycles. The lowest BCUT2D eigenvalue weighted by atomic mass is 10.0. The molecular weight excluding hydrogens is 168 g/mol. The molecule has 0 amide bonds. The molecule has 13 heavy (non-hydrogen) atoms. The van der Waals surface area contributed by atoms with Gasteiger partial charge in [0, 0.05) is 0 Å². The molecule has 1 N–H and O–H groups in total. The molecule has 70 valence electrons. The smallest absolute Gasteiger partial charge is 0.188 e. The Labute approximate surface area is 76.7 Å². The zero-order valence-corrected chi connectivity index (χ0v) is 7.27. The first-order valence-electron chi connectivity index (χ1n) is 4.52. The summed E-state index contributed by atoms with van der Waals surface area (Å²) < 4.78 is 5.13. The van der Waals surface area contributed by atoms with Crippen LogP contribution in [0.4, 0.5) is 0 Å². The van der Waals surface area contributed by atoms with E-state index in [4.69, 9.17) is 9.84 Å². The van der Waals surface area contributed by atoms with Crippen LogP contribution in [0.2, 0.25) is 0 Å². The minimum Gasteiger partial charge on any atom is -0.365 e. The SMILES string of the molecule is O=C1C=CC(O)O[C@H]1C1=CCCC1. The van der Waals surface area contributed by atoms with E-state index < -0.39 is 12.4 Å². The Morgan fingerprint density at radius 2 is 2.38 bits per heavy atom. The van der Waals surface area contributed by atoms with E-state index in [1.165, 1.54) is 12.2 Å². The van der Waals surface area contributed by atoms with Crippen molar-refractivity contribution in [3.05, 3.63) is 23.8 Å². The van der Waals surface area contributed by atoms with Crippen molar-refractivity contribution in [1.82, 2.24) is 0 Å². The second-order valence-electron chi connectivity index (χ2n) is 3.34. The van der Waals surface area contributed by atoms with Gasteiger partial charge in [0.25, 0.3) is 0 Å². The van der Waals surface area contributed by atoms with Crippen molar-refractivity contribution < 1.29 is 14.6 Å². The molecule has 1 aliphatic heterocycles. The lowest BCUT2D eigenvalue weighted by Crippen LogP contribution is -2.32. The van der Waals surface area contributed by atoms with Gasteiger partial charge < -0.3 is 9.84 Å². The van der Waals surface area contributed by atoms with Gasteiger partial charge in [-0.1, -0.05) is 6.08 Å². The highest BCUT2D eigenvalue weighted by Crippen LogP contribution is 2.25. The molecule has 1 aliphatic carbocycles. The molecule has 0 aromatic rings. The normalized spacial score (nSPS) is 33.6. The second kappa shape index (κ2) is 3.44. The number of hydrogen-bond donors (Lipinski definition) is 1. The number of aliphatic hydroxyl groups is 1. The molecule has 2 rings (SSSR count). The molecule has 1 heterocycles. The Morgan fingerprint density at radius 1 is 1.54 bits per heavy atom. The van der Waals surface area contributed by atoms with Crippen LogP contribution >= 0.6 is 0 Å². The monoisotopic (exact) mass is 180 g/mol. The van der Waals surface area contributed by atoms with Crippen LogP contribution in [0.3, 0.4) is 0 Å². The molecular formula is C10H12O3. The van der Waals surface area contributed by atoms with Crippen LogP contribution in [0.1, 0.15) is 19.3 Å². The highest BCUT2D eigenvalue weighted by atomic mass is 16.6. The summed E-state index contributed by atoms with van der Waals surface area (Å²) >= 11 is 0. The summed E-state index contributed by atoms with van der Waals surface area (Å²) in [6, 6.07) is 0. The van der Waals surface area contributed by atoms with Gasteiger partial charge in [0.05, 0.1) is 0 Å². The number of carbonyl (C=O) groups excluding carboxylic acids is 1. The molecule has 0 spiro atoms. The first kappa shape index (κ1) is 8.66. The Bertz CT molecular complexity index is 278. The zero-order chi connectivity index (χ0) is 9.26. The zero-order valence-electron chi connectivity index (χ0n) is 7.27. The molecule has 1 unspecified atom stereocenters. The van der Waals surface area contributed by atoms with E-state index in [-0.39, 0.29) is 5.78 Å². The van der Waals surface area contributed by atoms with Crippen molar-refractivity contribution in [2.75, 3.05) is 0 Å². The molecule has 0 aromatic carbocycles. The van der Waals surface area contributed by atoms with Crippen LogP contribution in [0.5, 0.6) is 0 Å². The Hall–Kier alpha value is -0.930. The minimum atomic E-state index is -0.927. The maximum atomic E-state index is 11.4. The minimum absolute atomic E-state index is 0.0570. The Balaban J connectivity index is 2.14. The maximum absolute atomic E-state index is 11.4. The molecule has 0 saturated heterocycles. The molecule has 3 heteroatoms. The topological polar surface area (TPSA) is 46.5 Å². The molecule has 0 fully saturated rings. The Kier molecular flexibility index (Phi) is 2.29. The van der Waals surface area contributed by atoms with Crippen molar-refractivity contribution in [2.24, 2.45) is 0 Å². The summed E-state index contributed by atoms with van der Waals surface area (Å²) in [7, 11) is 0. The van der Waals surface area contributed by atoms with Gasteiger partial charge in [0.15, 0.2) is 12.1 Å². The van der Waals surface area contributed by atoms with Gasteiger partial charge in [-0.25, -0.2) is 0 Å². The quantitative estimate of drug-likeness (QED) is 0.611. The van der Waals surface area contributed by atoms with E-state index in [2.05, 4.69) is 0 Å². The Morgan fingerprint density at radius 3 is 3.08 bits per heavy atom.